The number of nitrogens with two attached hydrogens (primary N) is 1. The molecule has 92 valence electrons. The molecule has 1 aromatic carbocycles. The van der Waals surface area contributed by atoms with Crippen LogP contribution in [-0.4, -0.2) is 20.0 Å². The molecule has 18 heavy (non-hydrogen) atoms. The van der Waals surface area contributed by atoms with Crippen LogP contribution < -0.4 is 5.73 Å². The van der Waals surface area contributed by atoms with Crippen LogP contribution in [0.25, 0.3) is 10.2 Å². The van der Waals surface area contributed by atoms with Crippen LogP contribution in [0.15, 0.2) is 24.4 Å². The minimum Gasteiger partial charge on any atom is -0.325 e. The van der Waals surface area contributed by atoms with E-state index in [4.69, 9.17) is 5.73 Å². The standard InChI is InChI=1S/C12H13N5S/c1-8-2-3-11-10(4-8)14-12(18-11)7-17-6-9(5-13)15-16-17/h2-4,6H,5,7,13H2,1H3. The summed E-state index contributed by atoms with van der Waals surface area (Å²) >= 11 is 1.69. The van der Waals surface area contributed by atoms with Gasteiger partial charge in [0.15, 0.2) is 0 Å². The van der Waals surface area contributed by atoms with Gasteiger partial charge in [0.05, 0.1) is 28.7 Å². The second-order valence-electron chi connectivity index (χ2n) is 4.19. The second-order valence-corrected chi connectivity index (χ2v) is 5.31. The molecule has 6 heteroatoms. The number of hydrogen-bond acceptors (Lipinski definition) is 5. The number of fused-ring (bicyclic) bond motifs is 1. The van der Waals surface area contributed by atoms with Gasteiger partial charge in [-0.1, -0.05) is 11.3 Å². The summed E-state index contributed by atoms with van der Waals surface area (Å²) in [6, 6.07) is 6.31. The maximum atomic E-state index is 5.51. The molecule has 5 nitrogen and oxygen atoms in total. The number of aryl methyl sites for hydroxylation is 1. The molecule has 0 unspecified atom stereocenters. The Morgan fingerprint density at radius 1 is 1.39 bits per heavy atom. The Labute approximate surface area is 108 Å². The molecule has 2 heterocycles. The van der Waals surface area contributed by atoms with Crippen molar-refractivity contribution in [3.05, 3.63) is 40.7 Å². The molecule has 0 atom stereocenters. The minimum atomic E-state index is 0.416. The highest BCUT2D eigenvalue weighted by Crippen LogP contribution is 2.23. The van der Waals surface area contributed by atoms with Gasteiger partial charge in [0.25, 0.3) is 0 Å². The predicted molar refractivity (Wildman–Crippen MR) is 71.4 cm³/mol. The van der Waals surface area contributed by atoms with Crippen LogP contribution in [0.3, 0.4) is 0 Å². The van der Waals surface area contributed by atoms with E-state index in [2.05, 4.69) is 40.4 Å². The van der Waals surface area contributed by atoms with E-state index in [1.165, 1.54) is 10.3 Å². The van der Waals surface area contributed by atoms with Gasteiger partial charge >= 0.3 is 0 Å². The van der Waals surface area contributed by atoms with Gasteiger partial charge in [-0.05, 0) is 24.6 Å². The zero-order valence-corrected chi connectivity index (χ0v) is 10.8. The second kappa shape index (κ2) is 4.47. The number of thiazole rings is 1. The largest absolute Gasteiger partial charge is 0.325 e. The Kier molecular flexibility index (Phi) is 2.81. The van der Waals surface area contributed by atoms with Crippen molar-refractivity contribution in [1.82, 2.24) is 20.0 Å². The molecule has 0 spiro atoms. The molecule has 0 radical (unpaired) electrons. The zero-order valence-electron chi connectivity index (χ0n) is 10.00. The fraction of sp³-hybridized carbons (Fsp3) is 0.250. The van der Waals surface area contributed by atoms with Gasteiger partial charge in [-0.25, -0.2) is 9.67 Å². The molecule has 0 fully saturated rings. The molecule has 0 aliphatic heterocycles. The smallest absolute Gasteiger partial charge is 0.115 e. The molecule has 3 rings (SSSR count). The Bertz CT molecular complexity index is 685. The van der Waals surface area contributed by atoms with Gasteiger partial charge in [-0.15, -0.1) is 16.4 Å². The summed E-state index contributed by atoms with van der Waals surface area (Å²) in [5.74, 6) is 0. The van der Waals surface area contributed by atoms with E-state index >= 15 is 0 Å². The lowest BCUT2D eigenvalue weighted by Crippen LogP contribution is -1.99. The minimum absolute atomic E-state index is 0.416. The van der Waals surface area contributed by atoms with Crippen LogP contribution in [0, 0.1) is 6.92 Å². The van der Waals surface area contributed by atoms with Crippen molar-refractivity contribution in [3.63, 3.8) is 0 Å². The van der Waals surface area contributed by atoms with Crippen LogP contribution in [0.1, 0.15) is 16.3 Å². The van der Waals surface area contributed by atoms with Crippen LogP contribution in [0.5, 0.6) is 0 Å². The number of rotatable bonds is 3. The van der Waals surface area contributed by atoms with Gasteiger partial charge in [0.1, 0.15) is 5.01 Å². The van der Waals surface area contributed by atoms with Crippen LogP contribution >= 0.6 is 11.3 Å². The van der Waals surface area contributed by atoms with Crippen molar-refractivity contribution in [1.29, 1.82) is 0 Å². The zero-order chi connectivity index (χ0) is 12.5. The molecule has 2 N–H and O–H groups in total. The predicted octanol–water partition coefficient (Wildman–Crippen LogP) is 1.70. The topological polar surface area (TPSA) is 69.6 Å². The lowest BCUT2D eigenvalue weighted by Gasteiger charge is -1.93. The van der Waals surface area contributed by atoms with Crippen molar-refractivity contribution in [2.45, 2.75) is 20.0 Å². The van der Waals surface area contributed by atoms with Crippen molar-refractivity contribution >= 4 is 21.6 Å². The summed E-state index contributed by atoms with van der Waals surface area (Å²) in [6.07, 6.45) is 1.86. The van der Waals surface area contributed by atoms with Gasteiger partial charge in [-0.3, -0.25) is 0 Å². The van der Waals surface area contributed by atoms with Gasteiger partial charge in [-0.2, -0.15) is 0 Å². The summed E-state index contributed by atoms with van der Waals surface area (Å²) in [6.45, 7) is 3.13. The van der Waals surface area contributed by atoms with Crippen molar-refractivity contribution in [2.24, 2.45) is 5.73 Å². The quantitative estimate of drug-likeness (QED) is 0.777. The molecule has 0 aliphatic rings. The fourth-order valence-electron chi connectivity index (χ4n) is 1.80. The van der Waals surface area contributed by atoms with Gasteiger partial charge in [0, 0.05) is 6.54 Å². The van der Waals surface area contributed by atoms with E-state index in [1.54, 1.807) is 16.0 Å². The molecule has 0 saturated heterocycles. The highest BCUT2D eigenvalue weighted by molar-refractivity contribution is 7.18. The molecular formula is C12H13N5S. The van der Waals surface area contributed by atoms with E-state index in [1.807, 2.05) is 6.20 Å². The summed E-state index contributed by atoms with van der Waals surface area (Å²) in [7, 11) is 0. The summed E-state index contributed by atoms with van der Waals surface area (Å²) in [5, 5.41) is 9.02. The first-order chi connectivity index (χ1) is 8.74. The third-order valence-corrected chi connectivity index (χ3v) is 3.70. The van der Waals surface area contributed by atoms with Gasteiger partial charge in [0.2, 0.25) is 0 Å². The van der Waals surface area contributed by atoms with E-state index < -0.39 is 0 Å². The molecule has 0 aliphatic carbocycles. The third kappa shape index (κ3) is 2.12. The van der Waals surface area contributed by atoms with E-state index in [0.29, 0.717) is 13.1 Å². The highest BCUT2D eigenvalue weighted by Gasteiger charge is 2.06. The Morgan fingerprint density at radius 2 is 2.28 bits per heavy atom. The van der Waals surface area contributed by atoms with Crippen molar-refractivity contribution < 1.29 is 0 Å². The molecule has 0 amide bonds. The van der Waals surface area contributed by atoms with Crippen LogP contribution in [0.2, 0.25) is 0 Å². The highest BCUT2D eigenvalue weighted by atomic mass is 32.1. The number of nitrogens with zero attached hydrogens (tertiary/aromatic N) is 4. The maximum Gasteiger partial charge on any atom is 0.115 e. The SMILES string of the molecule is Cc1ccc2sc(Cn3cc(CN)nn3)nc2c1. The van der Waals surface area contributed by atoms with Gasteiger partial charge < -0.3 is 5.73 Å². The van der Waals surface area contributed by atoms with Crippen molar-refractivity contribution in [3.8, 4) is 0 Å². The third-order valence-electron chi connectivity index (χ3n) is 2.68. The van der Waals surface area contributed by atoms with Crippen molar-refractivity contribution in [2.75, 3.05) is 0 Å². The van der Waals surface area contributed by atoms with E-state index in [0.717, 1.165) is 16.2 Å². The first-order valence-corrected chi connectivity index (χ1v) is 6.51. The van der Waals surface area contributed by atoms with Crippen LogP contribution in [0.4, 0.5) is 0 Å². The van der Waals surface area contributed by atoms with E-state index in [9.17, 15) is 0 Å². The number of benzene rings is 1. The maximum absolute atomic E-state index is 5.51. The molecule has 3 aromatic rings. The Morgan fingerprint density at radius 3 is 3.06 bits per heavy atom. The lowest BCUT2D eigenvalue weighted by atomic mass is 10.2. The lowest BCUT2D eigenvalue weighted by molar-refractivity contribution is 0.647. The Hall–Kier alpha value is -1.79. The average molecular weight is 259 g/mol. The fourth-order valence-corrected chi connectivity index (χ4v) is 2.74. The normalized spacial score (nSPS) is 11.2. The summed E-state index contributed by atoms with van der Waals surface area (Å²) in [4.78, 5) is 4.60. The number of aromatic nitrogens is 4. The molecule has 2 aromatic heterocycles. The summed E-state index contributed by atoms with van der Waals surface area (Å²) in [5.41, 5.74) is 8.58. The molecule has 0 bridgehead atoms. The first kappa shape index (κ1) is 11.3. The molecule has 0 saturated carbocycles. The van der Waals surface area contributed by atoms with Crippen LogP contribution in [-0.2, 0) is 13.1 Å². The average Bonchev–Trinajstić information content (AvgIpc) is 2.95. The summed E-state index contributed by atoms with van der Waals surface area (Å²) < 4.78 is 2.97. The van der Waals surface area contributed by atoms with E-state index in [-0.39, 0.29) is 0 Å². The first-order valence-electron chi connectivity index (χ1n) is 5.70. The number of hydrogen-bond donors (Lipinski definition) is 1. The Balaban J connectivity index is 1.90. The molecular weight excluding hydrogens is 246 g/mol. The monoisotopic (exact) mass is 259 g/mol.